The monoisotopic (exact) mass is 365 g/mol. The number of esters is 2. The standard InChI is InChI=1S/C19H27NO4S/c1-12(2)14-8-7-13(3)10-16(14)24-17(21)11-23-19(22)15-6-5-9-20-18(15)25-4/h5-6,9,12-14,16H,7-8,10-11H2,1-4H3/t13-,14+,16+/m0/s1. The Morgan fingerprint density at radius 3 is 2.80 bits per heavy atom. The first kappa shape index (κ1) is 19.8. The van der Waals surface area contributed by atoms with Crippen LogP contribution in [-0.4, -0.2) is 35.9 Å². The van der Waals surface area contributed by atoms with Crippen molar-refractivity contribution in [1.29, 1.82) is 0 Å². The molecule has 0 unspecified atom stereocenters. The predicted molar refractivity (Wildman–Crippen MR) is 97.5 cm³/mol. The van der Waals surface area contributed by atoms with Crippen LogP contribution in [0.3, 0.4) is 0 Å². The first-order valence-electron chi connectivity index (χ1n) is 8.78. The van der Waals surface area contributed by atoms with Crippen LogP contribution in [0, 0.1) is 17.8 Å². The fourth-order valence-corrected chi connectivity index (χ4v) is 3.90. The summed E-state index contributed by atoms with van der Waals surface area (Å²) in [5.74, 6) is 0.360. The van der Waals surface area contributed by atoms with Crippen LogP contribution in [0.2, 0.25) is 0 Å². The molecule has 0 saturated heterocycles. The first-order chi connectivity index (χ1) is 11.9. The molecule has 0 bridgehead atoms. The minimum atomic E-state index is -0.549. The number of carbonyl (C=O) groups is 2. The van der Waals surface area contributed by atoms with E-state index < -0.39 is 11.9 Å². The number of hydrogen-bond acceptors (Lipinski definition) is 6. The molecule has 1 aromatic heterocycles. The topological polar surface area (TPSA) is 65.5 Å². The lowest BCUT2D eigenvalue weighted by Crippen LogP contribution is -2.36. The minimum Gasteiger partial charge on any atom is -0.460 e. The minimum absolute atomic E-state index is 0.0879. The third-order valence-electron chi connectivity index (χ3n) is 4.75. The second-order valence-corrected chi connectivity index (χ2v) is 7.79. The highest BCUT2D eigenvalue weighted by atomic mass is 32.2. The van der Waals surface area contributed by atoms with E-state index in [1.807, 2.05) is 6.26 Å². The van der Waals surface area contributed by atoms with E-state index in [9.17, 15) is 9.59 Å². The highest BCUT2D eigenvalue weighted by Gasteiger charge is 2.33. The van der Waals surface area contributed by atoms with Gasteiger partial charge in [-0.15, -0.1) is 11.8 Å². The number of thioether (sulfide) groups is 1. The van der Waals surface area contributed by atoms with Gasteiger partial charge in [0.1, 0.15) is 11.1 Å². The van der Waals surface area contributed by atoms with E-state index in [0.29, 0.717) is 28.3 Å². The smallest absolute Gasteiger partial charge is 0.344 e. The van der Waals surface area contributed by atoms with Gasteiger partial charge in [0.25, 0.3) is 0 Å². The van der Waals surface area contributed by atoms with Crippen LogP contribution >= 0.6 is 11.8 Å². The molecule has 138 valence electrons. The number of rotatable bonds is 6. The van der Waals surface area contributed by atoms with Crippen LogP contribution in [0.5, 0.6) is 0 Å². The summed E-state index contributed by atoms with van der Waals surface area (Å²) >= 11 is 1.36. The van der Waals surface area contributed by atoms with Gasteiger partial charge in [0.15, 0.2) is 6.61 Å². The molecule has 0 aromatic carbocycles. The second kappa shape index (κ2) is 9.22. The Labute approximate surface area is 153 Å². The zero-order valence-electron chi connectivity index (χ0n) is 15.4. The van der Waals surface area contributed by atoms with Crippen molar-refractivity contribution in [3.63, 3.8) is 0 Å². The number of aromatic nitrogens is 1. The molecule has 0 amide bonds. The largest absolute Gasteiger partial charge is 0.460 e. The Kier molecular flexibility index (Phi) is 7.29. The Morgan fingerprint density at radius 1 is 1.36 bits per heavy atom. The van der Waals surface area contributed by atoms with E-state index in [1.165, 1.54) is 18.2 Å². The van der Waals surface area contributed by atoms with Crippen molar-refractivity contribution in [2.24, 2.45) is 17.8 Å². The molecule has 1 saturated carbocycles. The van der Waals surface area contributed by atoms with Gasteiger partial charge in [-0.3, -0.25) is 0 Å². The summed E-state index contributed by atoms with van der Waals surface area (Å²) in [5.41, 5.74) is 0.370. The van der Waals surface area contributed by atoms with Crippen molar-refractivity contribution >= 4 is 23.7 Å². The third kappa shape index (κ3) is 5.46. The van der Waals surface area contributed by atoms with E-state index in [1.54, 1.807) is 18.3 Å². The normalized spacial score (nSPS) is 23.3. The molecule has 0 spiro atoms. The molecule has 1 aliphatic rings. The average Bonchev–Trinajstić information content (AvgIpc) is 2.59. The molecule has 0 N–H and O–H groups in total. The molecular weight excluding hydrogens is 338 g/mol. The molecule has 1 aromatic rings. The molecule has 1 heterocycles. The van der Waals surface area contributed by atoms with Gasteiger partial charge in [-0.05, 0) is 49.0 Å². The summed E-state index contributed by atoms with van der Waals surface area (Å²) in [5, 5.41) is 0.585. The molecule has 0 radical (unpaired) electrons. The molecule has 6 heteroatoms. The van der Waals surface area contributed by atoms with Crippen molar-refractivity contribution in [2.75, 3.05) is 12.9 Å². The van der Waals surface area contributed by atoms with Crippen LogP contribution < -0.4 is 0 Å². The van der Waals surface area contributed by atoms with Crippen LogP contribution in [0.1, 0.15) is 50.4 Å². The van der Waals surface area contributed by atoms with E-state index in [0.717, 1.165) is 12.8 Å². The lowest BCUT2D eigenvalue weighted by molar-refractivity contribution is -0.159. The van der Waals surface area contributed by atoms with Gasteiger partial charge in [0.2, 0.25) is 0 Å². The molecular formula is C19H27NO4S. The Balaban J connectivity index is 1.90. The van der Waals surface area contributed by atoms with Gasteiger partial charge in [0, 0.05) is 6.20 Å². The summed E-state index contributed by atoms with van der Waals surface area (Å²) in [7, 11) is 0. The van der Waals surface area contributed by atoms with Gasteiger partial charge in [-0.1, -0.05) is 27.2 Å². The Bertz CT molecular complexity index is 605. The van der Waals surface area contributed by atoms with Crippen LogP contribution in [0.25, 0.3) is 0 Å². The molecule has 2 rings (SSSR count). The lowest BCUT2D eigenvalue weighted by Gasteiger charge is -2.36. The van der Waals surface area contributed by atoms with Crippen molar-refractivity contribution < 1.29 is 19.1 Å². The maximum atomic E-state index is 12.2. The van der Waals surface area contributed by atoms with Gasteiger partial charge in [0.05, 0.1) is 5.56 Å². The summed E-state index contributed by atoms with van der Waals surface area (Å²) in [6.07, 6.45) is 6.49. The maximum Gasteiger partial charge on any atom is 0.344 e. The van der Waals surface area contributed by atoms with Crippen molar-refractivity contribution in [2.45, 2.75) is 51.2 Å². The zero-order chi connectivity index (χ0) is 18.4. The average molecular weight is 365 g/mol. The van der Waals surface area contributed by atoms with E-state index >= 15 is 0 Å². The molecule has 1 fully saturated rings. The van der Waals surface area contributed by atoms with Crippen LogP contribution in [0.4, 0.5) is 0 Å². The predicted octanol–water partition coefficient (Wildman–Crippen LogP) is 3.96. The number of nitrogens with zero attached hydrogens (tertiary/aromatic N) is 1. The molecule has 5 nitrogen and oxygen atoms in total. The summed E-state index contributed by atoms with van der Waals surface area (Å²) < 4.78 is 10.8. The zero-order valence-corrected chi connectivity index (χ0v) is 16.2. The Morgan fingerprint density at radius 2 is 2.12 bits per heavy atom. The second-order valence-electron chi connectivity index (χ2n) is 6.99. The van der Waals surface area contributed by atoms with Gasteiger partial charge >= 0.3 is 11.9 Å². The van der Waals surface area contributed by atoms with E-state index in [2.05, 4.69) is 25.8 Å². The summed E-state index contributed by atoms with van der Waals surface area (Å²) in [6.45, 7) is 6.14. The maximum absolute atomic E-state index is 12.2. The van der Waals surface area contributed by atoms with Gasteiger partial charge < -0.3 is 9.47 Å². The van der Waals surface area contributed by atoms with Crippen LogP contribution in [0.15, 0.2) is 23.4 Å². The number of carbonyl (C=O) groups excluding carboxylic acids is 2. The van der Waals surface area contributed by atoms with Crippen molar-refractivity contribution in [3.05, 3.63) is 23.9 Å². The van der Waals surface area contributed by atoms with Gasteiger partial charge in [-0.2, -0.15) is 0 Å². The fourth-order valence-electron chi connectivity index (χ4n) is 3.36. The molecule has 3 atom stereocenters. The highest BCUT2D eigenvalue weighted by molar-refractivity contribution is 7.98. The first-order valence-corrected chi connectivity index (χ1v) is 10.0. The molecule has 0 aliphatic heterocycles. The Hall–Kier alpha value is -1.56. The van der Waals surface area contributed by atoms with Crippen LogP contribution in [-0.2, 0) is 14.3 Å². The van der Waals surface area contributed by atoms with Crippen molar-refractivity contribution in [3.8, 4) is 0 Å². The number of pyridine rings is 1. The highest BCUT2D eigenvalue weighted by Crippen LogP contribution is 2.35. The quantitative estimate of drug-likeness (QED) is 0.561. The van der Waals surface area contributed by atoms with Crippen molar-refractivity contribution in [1.82, 2.24) is 4.98 Å². The SMILES string of the molecule is CSc1ncccc1C(=O)OCC(=O)O[C@@H]1C[C@@H](C)CC[C@@H]1C(C)C. The third-order valence-corrected chi connectivity index (χ3v) is 5.46. The molecule has 25 heavy (non-hydrogen) atoms. The molecule has 1 aliphatic carbocycles. The fraction of sp³-hybridized carbons (Fsp3) is 0.632. The van der Waals surface area contributed by atoms with Gasteiger partial charge in [-0.25, -0.2) is 14.6 Å². The van der Waals surface area contributed by atoms with E-state index in [-0.39, 0.29) is 12.7 Å². The number of ether oxygens (including phenoxy) is 2. The summed E-state index contributed by atoms with van der Waals surface area (Å²) in [6, 6.07) is 3.31. The lowest BCUT2D eigenvalue weighted by atomic mass is 9.75. The van der Waals surface area contributed by atoms with E-state index in [4.69, 9.17) is 9.47 Å². The number of hydrogen-bond donors (Lipinski definition) is 0. The summed E-state index contributed by atoms with van der Waals surface area (Å²) in [4.78, 5) is 28.4.